The van der Waals surface area contributed by atoms with Crippen molar-refractivity contribution in [2.45, 2.75) is 0 Å². The number of ether oxygens (including phenoxy) is 1. The van der Waals surface area contributed by atoms with Crippen molar-refractivity contribution < 1.29 is 13.8 Å². The molecule has 0 spiro atoms. The molecule has 0 aliphatic rings. The Kier molecular flexibility index (Phi) is 3.57. The molecule has 0 bridgehead atoms. The van der Waals surface area contributed by atoms with Gasteiger partial charge in [-0.1, -0.05) is 6.58 Å². The van der Waals surface area contributed by atoms with E-state index in [0.29, 0.717) is 0 Å². The zero-order valence-corrected chi connectivity index (χ0v) is 5.93. The Hall–Kier alpha value is -0.270. The summed E-state index contributed by atoms with van der Waals surface area (Å²) < 4.78 is 19.4. The molecule has 8 heavy (non-hydrogen) atoms. The Bertz CT molecular complexity index is 95.9. The largest absolute Gasteiger partial charge is 0.492 e. The van der Waals surface area contributed by atoms with Crippen LogP contribution in [0.5, 0.6) is 0 Å². The van der Waals surface area contributed by atoms with Gasteiger partial charge in [0, 0.05) is 7.11 Å². The Morgan fingerprint density at radius 1 is 1.62 bits per heavy atom. The van der Waals surface area contributed by atoms with Gasteiger partial charge in [0.05, 0.1) is 7.11 Å². The summed E-state index contributed by atoms with van der Waals surface area (Å²) in [7, 11) is 0.635. The average Bonchev–Trinajstić information content (AvgIpc) is 1.84. The van der Waals surface area contributed by atoms with E-state index in [1.807, 2.05) is 0 Å². The lowest BCUT2D eigenvalue weighted by atomic mass is 11.1. The van der Waals surface area contributed by atoms with Crippen LogP contribution in [0.3, 0.4) is 0 Å². The predicted octanol–water partition coefficient (Wildman–Crippen LogP) is 1.23. The van der Waals surface area contributed by atoms with Crippen molar-refractivity contribution in [2.24, 2.45) is 0 Å². The van der Waals surface area contributed by atoms with Gasteiger partial charge in [-0.3, -0.25) is 4.57 Å². The first kappa shape index (κ1) is 7.73. The third kappa shape index (κ3) is 2.15. The van der Waals surface area contributed by atoms with Crippen molar-refractivity contribution in [1.82, 2.24) is 0 Å². The second-order valence-electron chi connectivity index (χ2n) is 1.12. The molecule has 0 saturated carbocycles. The lowest BCUT2D eigenvalue weighted by molar-refractivity contribution is 0.303. The van der Waals surface area contributed by atoms with Gasteiger partial charge < -0.3 is 9.26 Å². The van der Waals surface area contributed by atoms with E-state index >= 15 is 0 Å². The first-order valence-corrected chi connectivity index (χ1v) is 3.35. The summed E-state index contributed by atoms with van der Waals surface area (Å²) in [4.78, 5) is 0. The maximum Gasteiger partial charge on any atom is 0.253 e. The van der Waals surface area contributed by atoms with E-state index in [-0.39, 0.29) is 5.50 Å². The molecule has 48 valence electrons. The quantitative estimate of drug-likeness (QED) is 0.432. The van der Waals surface area contributed by atoms with Crippen molar-refractivity contribution in [3.63, 3.8) is 0 Å². The van der Waals surface area contributed by atoms with Gasteiger partial charge in [-0.15, -0.1) is 0 Å². The van der Waals surface area contributed by atoms with E-state index < -0.39 is 8.03 Å². The van der Waals surface area contributed by atoms with E-state index in [1.165, 1.54) is 14.2 Å². The van der Waals surface area contributed by atoms with E-state index in [4.69, 9.17) is 0 Å². The maximum atomic E-state index is 10.5. The summed E-state index contributed by atoms with van der Waals surface area (Å²) in [6.07, 6.45) is 0. The highest BCUT2D eigenvalue weighted by Gasteiger charge is 1.98. The van der Waals surface area contributed by atoms with Crippen LogP contribution in [-0.4, -0.2) is 14.2 Å². The van der Waals surface area contributed by atoms with Crippen molar-refractivity contribution in [2.75, 3.05) is 14.2 Å². The molecule has 0 amide bonds. The molecule has 3 nitrogen and oxygen atoms in total. The highest BCUT2D eigenvalue weighted by Crippen LogP contribution is 2.30. The van der Waals surface area contributed by atoms with Gasteiger partial charge in [-0.05, 0) is 0 Å². The van der Waals surface area contributed by atoms with Crippen LogP contribution in [0.15, 0.2) is 12.1 Å². The zero-order chi connectivity index (χ0) is 6.57. The first-order valence-electron chi connectivity index (χ1n) is 2.03. The lowest BCUT2D eigenvalue weighted by Crippen LogP contribution is -1.77. The Labute approximate surface area is 49.2 Å². The molecule has 0 N–H and O–H groups in total. The van der Waals surface area contributed by atoms with Crippen LogP contribution in [0.25, 0.3) is 0 Å². The van der Waals surface area contributed by atoms with Gasteiger partial charge in [-0.25, -0.2) is 0 Å². The highest BCUT2D eigenvalue weighted by atomic mass is 31.1. The number of hydrogen-bond donors (Lipinski definition) is 0. The first-order chi connectivity index (χ1) is 3.72. The van der Waals surface area contributed by atoms with Gasteiger partial charge >= 0.3 is 0 Å². The normalized spacial score (nSPS) is 12.8. The van der Waals surface area contributed by atoms with Gasteiger partial charge in [0.25, 0.3) is 8.03 Å². The SMILES string of the molecule is C=C(OC)[PH](=O)OC. The van der Waals surface area contributed by atoms with E-state index in [9.17, 15) is 4.57 Å². The topological polar surface area (TPSA) is 35.5 Å². The minimum Gasteiger partial charge on any atom is -0.492 e. The molecule has 0 aliphatic heterocycles. The fourth-order valence-electron chi connectivity index (χ4n) is 0.197. The summed E-state index contributed by atoms with van der Waals surface area (Å²) in [5.41, 5.74) is 0.206. The average molecular weight is 136 g/mol. The van der Waals surface area contributed by atoms with Crippen molar-refractivity contribution in [1.29, 1.82) is 0 Å². The van der Waals surface area contributed by atoms with Gasteiger partial charge in [-0.2, -0.15) is 0 Å². The molecule has 0 rings (SSSR count). The van der Waals surface area contributed by atoms with Crippen molar-refractivity contribution >= 4 is 8.03 Å². The lowest BCUT2D eigenvalue weighted by Gasteiger charge is -1.99. The third-order valence-corrected chi connectivity index (χ3v) is 1.69. The summed E-state index contributed by atoms with van der Waals surface area (Å²) in [6.45, 7) is 3.33. The zero-order valence-electron chi connectivity index (χ0n) is 4.93. The molecule has 0 aromatic carbocycles. The summed E-state index contributed by atoms with van der Waals surface area (Å²) in [6, 6.07) is 0. The molecule has 0 saturated heterocycles. The molecule has 1 unspecified atom stereocenters. The molecule has 0 aliphatic carbocycles. The van der Waals surface area contributed by atoms with Crippen LogP contribution in [0.4, 0.5) is 0 Å². The van der Waals surface area contributed by atoms with Gasteiger partial charge in [0.2, 0.25) is 0 Å². The smallest absolute Gasteiger partial charge is 0.253 e. The van der Waals surface area contributed by atoms with Crippen LogP contribution in [0, 0.1) is 0 Å². The minimum absolute atomic E-state index is 0.206. The van der Waals surface area contributed by atoms with E-state index in [2.05, 4.69) is 15.8 Å². The monoisotopic (exact) mass is 136 g/mol. The van der Waals surface area contributed by atoms with E-state index in [1.54, 1.807) is 0 Å². The minimum atomic E-state index is -2.12. The number of methoxy groups -OCH3 is 1. The van der Waals surface area contributed by atoms with Gasteiger partial charge in [0.1, 0.15) is 0 Å². The fourth-order valence-corrected chi connectivity index (χ4v) is 0.592. The maximum absolute atomic E-state index is 10.5. The predicted molar refractivity (Wildman–Crippen MR) is 32.2 cm³/mol. The molecule has 1 atom stereocenters. The molecule has 0 heterocycles. The van der Waals surface area contributed by atoms with Crippen LogP contribution in [-0.2, 0) is 13.8 Å². The third-order valence-electron chi connectivity index (χ3n) is 0.659. The molecule has 0 fully saturated rings. The Morgan fingerprint density at radius 2 is 2.12 bits per heavy atom. The number of hydrogen-bond acceptors (Lipinski definition) is 3. The van der Waals surface area contributed by atoms with E-state index in [0.717, 1.165) is 0 Å². The van der Waals surface area contributed by atoms with Gasteiger partial charge in [0.15, 0.2) is 5.50 Å². The standard InChI is InChI=1S/C4H9O3P/c1-4(6-2)8(5)7-3/h8H,1H2,2-3H3. The summed E-state index contributed by atoms with van der Waals surface area (Å²) >= 11 is 0. The van der Waals surface area contributed by atoms with Crippen molar-refractivity contribution in [3.05, 3.63) is 12.1 Å². The highest BCUT2D eigenvalue weighted by molar-refractivity contribution is 7.43. The van der Waals surface area contributed by atoms with Crippen LogP contribution >= 0.6 is 8.03 Å². The van der Waals surface area contributed by atoms with Crippen LogP contribution in [0.1, 0.15) is 0 Å². The fraction of sp³-hybridized carbons (Fsp3) is 0.500. The Balaban J connectivity index is 3.64. The molecule has 4 heteroatoms. The molecular weight excluding hydrogens is 127 g/mol. The number of rotatable bonds is 3. The second-order valence-corrected chi connectivity index (χ2v) is 2.66. The summed E-state index contributed by atoms with van der Waals surface area (Å²) in [5.74, 6) is 0. The Morgan fingerprint density at radius 3 is 2.25 bits per heavy atom. The summed E-state index contributed by atoms with van der Waals surface area (Å²) in [5, 5.41) is 0. The molecule has 0 radical (unpaired) electrons. The second kappa shape index (κ2) is 3.70. The van der Waals surface area contributed by atoms with Crippen molar-refractivity contribution in [3.8, 4) is 0 Å². The molecule has 0 aromatic heterocycles. The van der Waals surface area contributed by atoms with Crippen LogP contribution in [0.2, 0.25) is 0 Å². The molecule has 0 aromatic rings. The molecular formula is C4H9O3P. The van der Waals surface area contributed by atoms with Crippen LogP contribution < -0.4 is 0 Å².